The van der Waals surface area contributed by atoms with Crippen LogP contribution in [0.4, 0.5) is 5.69 Å². The maximum Gasteiger partial charge on any atom is 0.0661 e. The second kappa shape index (κ2) is 16.8. The van der Waals surface area contributed by atoms with Crippen LogP contribution in [0.15, 0.2) is 54.0 Å². The number of hydrogen-bond donors (Lipinski definition) is 0. The van der Waals surface area contributed by atoms with E-state index in [0.717, 1.165) is 27.8 Å². The Morgan fingerprint density at radius 1 is 1.06 bits per heavy atom. The highest BCUT2D eigenvalue weighted by Gasteiger charge is 2.07. The van der Waals surface area contributed by atoms with Gasteiger partial charge in [0, 0.05) is 11.2 Å². The van der Waals surface area contributed by atoms with Crippen molar-refractivity contribution in [2.75, 3.05) is 0 Å². The minimum absolute atomic E-state index is 0.484. The first-order valence-electron chi connectivity index (χ1n) is 11.7. The summed E-state index contributed by atoms with van der Waals surface area (Å²) in [6.07, 6.45) is 7.92. The van der Waals surface area contributed by atoms with Crippen LogP contribution < -0.4 is 0 Å². The van der Waals surface area contributed by atoms with Crippen LogP contribution >= 0.6 is 11.6 Å². The summed E-state index contributed by atoms with van der Waals surface area (Å²) >= 11 is 5.64. The van der Waals surface area contributed by atoms with Gasteiger partial charge in [0.1, 0.15) is 0 Å². The summed E-state index contributed by atoms with van der Waals surface area (Å²) in [4.78, 5) is 4.48. The van der Waals surface area contributed by atoms with E-state index in [4.69, 9.17) is 11.6 Å². The molecule has 1 aliphatic carbocycles. The number of aliphatic imine (C=N–C) groups is 1. The molecule has 0 spiro atoms. The maximum absolute atomic E-state index is 5.64. The molecule has 0 N–H and O–H groups in total. The number of aryl methyl sites for hydroxylation is 2. The molecule has 0 atom stereocenters. The number of benzene rings is 2. The van der Waals surface area contributed by atoms with Crippen LogP contribution in [-0.2, 0) is 0 Å². The van der Waals surface area contributed by atoms with Crippen LogP contribution in [0, 0.1) is 25.7 Å². The second-order valence-corrected chi connectivity index (χ2v) is 8.93. The zero-order valence-corrected chi connectivity index (χ0v) is 21.9. The highest BCUT2D eigenvalue weighted by molar-refractivity contribution is 6.30. The fourth-order valence-electron chi connectivity index (χ4n) is 2.98. The molecule has 0 bridgehead atoms. The number of hydrogen-bond acceptors (Lipinski definition) is 1. The van der Waals surface area contributed by atoms with Crippen LogP contribution in [0.2, 0.25) is 5.02 Å². The Kier molecular flexibility index (Phi) is 15.8. The lowest BCUT2D eigenvalue weighted by Gasteiger charge is -2.05. The molecular weight excluding hydrogens is 398 g/mol. The Bertz CT molecular complexity index is 766. The topological polar surface area (TPSA) is 12.4 Å². The lowest BCUT2D eigenvalue weighted by atomic mass is 10.1. The van der Waals surface area contributed by atoms with Crippen LogP contribution in [0.25, 0.3) is 5.57 Å². The zero-order valence-electron chi connectivity index (χ0n) is 21.1. The predicted octanol–water partition coefficient (Wildman–Crippen LogP) is 10.3. The molecule has 3 rings (SSSR count). The smallest absolute Gasteiger partial charge is 0.0661 e. The lowest BCUT2D eigenvalue weighted by Crippen LogP contribution is -1.87. The molecule has 1 nitrogen and oxygen atoms in total. The summed E-state index contributed by atoms with van der Waals surface area (Å²) in [6, 6.07) is 14.0. The molecule has 0 heterocycles. The number of halogens is 1. The Hall–Kier alpha value is -1.86. The Labute approximate surface area is 197 Å². The van der Waals surface area contributed by atoms with Gasteiger partial charge < -0.3 is 0 Å². The Morgan fingerprint density at radius 2 is 1.68 bits per heavy atom. The maximum atomic E-state index is 5.64. The third-order valence-electron chi connectivity index (χ3n) is 4.84. The van der Waals surface area contributed by atoms with Crippen molar-refractivity contribution in [3.63, 3.8) is 0 Å². The van der Waals surface area contributed by atoms with Gasteiger partial charge in [-0.3, -0.25) is 4.99 Å². The quantitative estimate of drug-likeness (QED) is 0.420. The fourth-order valence-corrected chi connectivity index (χ4v) is 3.22. The van der Waals surface area contributed by atoms with E-state index in [9.17, 15) is 0 Å². The summed E-state index contributed by atoms with van der Waals surface area (Å²) < 4.78 is 0. The van der Waals surface area contributed by atoms with E-state index >= 15 is 0 Å². The van der Waals surface area contributed by atoms with Crippen molar-refractivity contribution in [2.24, 2.45) is 16.8 Å². The average molecular weight is 442 g/mol. The molecular formula is C29H44ClN. The largest absolute Gasteiger partial charge is 0.261 e. The van der Waals surface area contributed by atoms with Gasteiger partial charge in [0.05, 0.1) is 5.69 Å². The average Bonchev–Trinajstić information content (AvgIpc) is 3.20. The molecule has 2 aromatic rings. The molecule has 0 unspecified atom stereocenters. The molecule has 0 saturated heterocycles. The first-order chi connectivity index (χ1) is 14.7. The number of rotatable bonds is 3. The van der Waals surface area contributed by atoms with E-state index in [1.54, 1.807) is 0 Å². The summed E-state index contributed by atoms with van der Waals surface area (Å²) in [5.74, 6) is 1.53. The normalized spacial score (nSPS) is 13.0. The van der Waals surface area contributed by atoms with Gasteiger partial charge in [0.2, 0.25) is 0 Å². The SMILES string of the molecule is C=C(C)c1ccc(C)c(N=CC(C)C)c1.CC.CC1CCCC1.Cc1cccc(Cl)c1. The molecule has 172 valence electrons. The summed E-state index contributed by atoms with van der Waals surface area (Å²) in [6.45, 7) is 20.6. The van der Waals surface area contributed by atoms with Crippen molar-refractivity contribution in [2.45, 2.75) is 81.1 Å². The van der Waals surface area contributed by atoms with Crippen molar-refractivity contribution in [1.29, 1.82) is 0 Å². The van der Waals surface area contributed by atoms with Gasteiger partial charge >= 0.3 is 0 Å². The first-order valence-corrected chi connectivity index (χ1v) is 12.1. The predicted molar refractivity (Wildman–Crippen MR) is 144 cm³/mol. The van der Waals surface area contributed by atoms with Gasteiger partial charge in [-0.05, 0) is 67.5 Å². The molecule has 1 saturated carbocycles. The van der Waals surface area contributed by atoms with Crippen LogP contribution in [0.3, 0.4) is 0 Å². The number of allylic oxidation sites excluding steroid dienone is 1. The molecule has 0 aliphatic heterocycles. The van der Waals surface area contributed by atoms with E-state index in [2.05, 4.69) is 57.5 Å². The third kappa shape index (κ3) is 13.9. The van der Waals surface area contributed by atoms with Gasteiger partial charge in [-0.25, -0.2) is 0 Å². The minimum atomic E-state index is 0.484. The van der Waals surface area contributed by atoms with Crippen LogP contribution in [0.1, 0.15) is 83.9 Å². The molecule has 2 aromatic carbocycles. The van der Waals surface area contributed by atoms with Gasteiger partial charge in [0.15, 0.2) is 0 Å². The molecule has 0 amide bonds. The van der Waals surface area contributed by atoms with E-state index < -0.39 is 0 Å². The third-order valence-corrected chi connectivity index (χ3v) is 5.07. The van der Waals surface area contributed by atoms with Crippen LogP contribution in [-0.4, -0.2) is 6.21 Å². The number of nitrogens with zero attached hydrogens (tertiary/aromatic N) is 1. The molecule has 1 aliphatic rings. The monoisotopic (exact) mass is 441 g/mol. The molecule has 1 fully saturated rings. The molecule has 0 aromatic heterocycles. The standard InChI is InChI=1S/C14H19N.C7H7Cl.C6H12.C2H6/c1-10(2)9-15-14-8-13(11(3)4)7-6-12(14)5;1-6-3-2-4-7(8)5-6;1-6-4-2-3-5-6;1-2/h6-10H,3H2,1-2,4-5H3;2-5H,1H3;6H,2-5H2,1H3;1-2H3. The Balaban J connectivity index is 0.000000468. The van der Waals surface area contributed by atoms with Crippen molar-refractivity contribution in [3.8, 4) is 0 Å². The van der Waals surface area contributed by atoms with Gasteiger partial charge in [-0.15, -0.1) is 0 Å². The molecule has 31 heavy (non-hydrogen) atoms. The van der Waals surface area contributed by atoms with Crippen molar-refractivity contribution >= 4 is 29.1 Å². The molecule has 0 radical (unpaired) electrons. The van der Waals surface area contributed by atoms with Gasteiger partial charge in [-0.2, -0.15) is 0 Å². The van der Waals surface area contributed by atoms with Crippen molar-refractivity contribution in [1.82, 2.24) is 0 Å². The van der Waals surface area contributed by atoms with Gasteiger partial charge in [-0.1, -0.05) is 108 Å². The van der Waals surface area contributed by atoms with E-state index in [1.165, 1.54) is 36.8 Å². The molecule has 2 heteroatoms. The highest BCUT2D eigenvalue weighted by Crippen LogP contribution is 2.24. The zero-order chi connectivity index (χ0) is 23.8. The van der Waals surface area contributed by atoms with E-state index in [-0.39, 0.29) is 0 Å². The Morgan fingerprint density at radius 3 is 2.06 bits per heavy atom. The first kappa shape index (κ1) is 29.1. The lowest BCUT2D eigenvalue weighted by molar-refractivity contribution is 0.612. The fraction of sp³-hybridized carbons (Fsp3) is 0.483. The second-order valence-electron chi connectivity index (χ2n) is 8.49. The minimum Gasteiger partial charge on any atom is -0.261 e. The highest BCUT2D eigenvalue weighted by atomic mass is 35.5. The summed E-state index contributed by atoms with van der Waals surface area (Å²) in [5.41, 5.74) is 5.70. The summed E-state index contributed by atoms with van der Waals surface area (Å²) in [5, 5.41) is 0.810. The van der Waals surface area contributed by atoms with Gasteiger partial charge in [0.25, 0.3) is 0 Å². The van der Waals surface area contributed by atoms with Crippen LogP contribution in [0.5, 0.6) is 0 Å². The van der Waals surface area contributed by atoms with Crippen molar-refractivity contribution < 1.29 is 0 Å². The van der Waals surface area contributed by atoms with Crippen molar-refractivity contribution in [3.05, 3.63) is 70.8 Å². The van der Waals surface area contributed by atoms with E-state index in [0.29, 0.717) is 5.92 Å². The van der Waals surface area contributed by atoms with E-state index in [1.807, 2.05) is 58.2 Å². The summed E-state index contributed by atoms with van der Waals surface area (Å²) in [7, 11) is 0.